The van der Waals surface area contributed by atoms with Gasteiger partial charge in [-0.3, -0.25) is 4.79 Å². The number of aryl methyl sites for hydroxylation is 1. The van der Waals surface area contributed by atoms with Gasteiger partial charge in [0.05, 0.1) is 18.1 Å². The van der Waals surface area contributed by atoms with Gasteiger partial charge in [0, 0.05) is 23.5 Å². The number of fused-ring (bicyclic) bond motifs is 1. The summed E-state index contributed by atoms with van der Waals surface area (Å²) in [5, 5.41) is 0. The molecule has 4 nitrogen and oxygen atoms in total. The van der Waals surface area contributed by atoms with Crippen LogP contribution in [0.2, 0.25) is 0 Å². The van der Waals surface area contributed by atoms with Crippen LogP contribution in [0.1, 0.15) is 48.5 Å². The maximum absolute atomic E-state index is 13.4. The fourth-order valence-corrected chi connectivity index (χ4v) is 4.88. The molecule has 6 heteroatoms. The van der Waals surface area contributed by atoms with Gasteiger partial charge in [0.1, 0.15) is 13.7 Å². The first kappa shape index (κ1) is 19.8. The van der Waals surface area contributed by atoms with Crippen molar-refractivity contribution in [2.75, 3.05) is 0 Å². The highest BCUT2D eigenvalue weighted by atomic mass is 19.1. The Morgan fingerprint density at radius 1 is 1.16 bits per heavy atom. The second kappa shape index (κ2) is 7.84. The fraction of sp³-hybridized carbons (Fsp3) is 0.280. The van der Waals surface area contributed by atoms with Gasteiger partial charge in [0.25, 0.3) is 5.91 Å². The van der Waals surface area contributed by atoms with Crippen molar-refractivity contribution in [3.63, 3.8) is 0 Å². The van der Waals surface area contributed by atoms with Crippen LogP contribution in [0.4, 0.5) is 4.39 Å². The molecular weight excluding hydrogens is 388 g/mol. The number of piperidine rings is 1. The normalized spacial score (nSPS) is 22.2. The lowest BCUT2D eigenvalue weighted by Crippen LogP contribution is -2.39. The maximum atomic E-state index is 13.4. The SMILES string of the molecule is [B]c1cc(/C=C2\C[C@@H]3CCC[C@@H](c4ccc(F)cc4)N3C2=O)ccc1-n1cnc(C)c1. The van der Waals surface area contributed by atoms with Crippen LogP contribution in [-0.4, -0.2) is 34.2 Å². The van der Waals surface area contributed by atoms with E-state index in [1.165, 1.54) is 12.1 Å². The summed E-state index contributed by atoms with van der Waals surface area (Å²) in [4.78, 5) is 19.6. The highest BCUT2D eigenvalue weighted by molar-refractivity contribution is 6.35. The van der Waals surface area contributed by atoms with Crippen molar-refractivity contribution >= 4 is 25.3 Å². The quantitative estimate of drug-likeness (QED) is 0.482. The summed E-state index contributed by atoms with van der Waals surface area (Å²) in [6.45, 7) is 1.94. The van der Waals surface area contributed by atoms with E-state index in [1.54, 1.807) is 18.5 Å². The number of rotatable bonds is 3. The van der Waals surface area contributed by atoms with Crippen molar-refractivity contribution in [1.29, 1.82) is 0 Å². The number of benzene rings is 2. The summed E-state index contributed by atoms with van der Waals surface area (Å²) >= 11 is 0. The lowest BCUT2D eigenvalue weighted by Gasteiger charge is -2.37. The summed E-state index contributed by atoms with van der Waals surface area (Å²) < 4.78 is 15.3. The lowest BCUT2D eigenvalue weighted by atomic mass is 9.91. The third-order valence-corrected chi connectivity index (χ3v) is 6.35. The van der Waals surface area contributed by atoms with Gasteiger partial charge in [0.2, 0.25) is 0 Å². The molecule has 1 amide bonds. The number of nitrogens with zero attached hydrogens (tertiary/aromatic N) is 3. The zero-order valence-corrected chi connectivity index (χ0v) is 17.5. The van der Waals surface area contributed by atoms with Crippen molar-refractivity contribution in [2.24, 2.45) is 0 Å². The van der Waals surface area contributed by atoms with Crippen molar-refractivity contribution < 1.29 is 9.18 Å². The Balaban J connectivity index is 1.42. The summed E-state index contributed by atoms with van der Waals surface area (Å²) in [7, 11) is 6.29. The number of hydrogen-bond acceptors (Lipinski definition) is 2. The molecule has 0 bridgehead atoms. The summed E-state index contributed by atoms with van der Waals surface area (Å²) in [6, 6.07) is 12.6. The molecule has 2 fully saturated rings. The zero-order chi connectivity index (χ0) is 21.5. The smallest absolute Gasteiger partial charge is 0.250 e. The van der Waals surface area contributed by atoms with Crippen LogP contribution < -0.4 is 5.46 Å². The van der Waals surface area contributed by atoms with Crippen LogP contribution in [-0.2, 0) is 4.79 Å². The van der Waals surface area contributed by atoms with Gasteiger partial charge in [-0.15, -0.1) is 0 Å². The summed E-state index contributed by atoms with van der Waals surface area (Å²) in [5.41, 5.74) is 5.16. The average molecular weight is 411 g/mol. The van der Waals surface area contributed by atoms with Crippen molar-refractivity contribution in [3.05, 3.63) is 83.2 Å². The van der Waals surface area contributed by atoms with E-state index in [1.807, 2.05) is 46.9 Å². The Kier molecular flexibility index (Phi) is 5.01. The number of halogens is 1. The third-order valence-electron chi connectivity index (χ3n) is 6.35. The first-order valence-electron chi connectivity index (χ1n) is 10.7. The Morgan fingerprint density at radius 2 is 1.97 bits per heavy atom. The van der Waals surface area contributed by atoms with E-state index in [9.17, 15) is 9.18 Å². The van der Waals surface area contributed by atoms with Gasteiger partial charge in [-0.1, -0.05) is 29.7 Å². The minimum absolute atomic E-state index is 0.00896. The van der Waals surface area contributed by atoms with Crippen molar-refractivity contribution in [3.8, 4) is 5.69 Å². The third kappa shape index (κ3) is 3.71. The van der Waals surface area contributed by atoms with Crippen molar-refractivity contribution in [2.45, 2.75) is 44.7 Å². The molecule has 0 saturated carbocycles. The largest absolute Gasteiger partial charge is 0.329 e. The molecule has 2 atom stereocenters. The molecular formula is C25H23BFN3O. The van der Waals surface area contributed by atoms with E-state index in [0.29, 0.717) is 5.46 Å². The molecule has 154 valence electrons. The van der Waals surface area contributed by atoms with E-state index in [0.717, 1.165) is 53.8 Å². The van der Waals surface area contributed by atoms with Gasteiger partial charge in [0.15, 0.2) is 0 Å². The van der Waals surface area contributed by atoms with Gasteiger partial charge in [-0.2, -0.15) is 0 Å². The molecule has 2 aliphatic heterocycles. The number of aromatic nitrogens is 2. The van der Waals surface area contributed by atoms with Crippen LogP contribution in [0.3, 0.4) is 0 Å². The molecule has 1 aromatic heterocycles. The average Bonchev–Trinajstić information content (AvgIpc) is 3.32. The van der Waals surface area contributed by atoms with Gasteiger partial charge in [-0.05, 0) is 68.0 Å². The molecule has 2 saturated heterocycles. The number of amides is 1. The Labute approximate surface area is 182 Å². The molecule has 3 heterocycles. The summed E-state index contributed by atoms with van der Waals surface area (Å²) in [6.07, 6.45) is 9.34. The second-order valence-corrected chi connectivity index (χ2v) is 8.48. The number of hydrogen-bond donors (Lipinski definition) is 0. The minimum atomic E-state index is -0.253. The van der Waals surface area contributed by atoms with E-state index >= 15 is 0 Å². The zero-order valence-electron chi connectivity index (χ0n) is 17.5. The second-order valence-electron chi connectivity index (χ2n) is 8.48. The highest BCUT2D eigenvalue weighted by Gasteiger charge is 2.42. The van der Waals surface area contributed by atoms with Gasteiger partial charge < -0.3 is 9.47 Å². The minimum Gasteiger partial charge on any atom is -0.329 e. The first-order chi connectivity index (χ1) is 15.0. The molecule has 0 N–H and O–H groups in total. The maximum Gasteiger partial charge on any atom is 0.250 e. The van der Waals surface area contributed by atoms with Crippen LogP contribution in [0.25, 0.3) is 11.8 Å². The van der Waals surface area contributed by atoms with E-state index in [2.05, 4.69) is 4.98 Å². The topological polar surface area (TPSA) is 38.1 Å². The number of imidazole rings is 1. The standard InChI is InChI=1S/C25H23BFN3O/c1-16-14-29(15-28-16)24-10-5-17(12-22(24)26)11-19-13-21-3-2-4-23(30(21)25(19)31)18-6-8-20(27)9-7-18/h5-12,14-15,21,23H,2-4,13H2,1H3/b19-11+/t21-,23-/m0/s1. The molecule has 0 aliphatic carbocycles. The molecule has 2 radical (unpaired) electrons. The van der Waals surface area contributed by atoms with E-state index in [4.69, 9.17) is 7.85 Å². The first-order valence-corrected chi connectivity index (χ1v) is 10.7. The molecule has 2 aliphatic rings. The lowest BCUT2D eigenvalue weighted by molar-refractivity contribution is -0.130. The predicted octanol–water partition coefficient (Wildman–Crippen LogP) is 4.02. The van der Waals surface area contributed by atoms with Gasteiger partial charge in [-0.25, -0.2) is 9.37 Å². The number of carbonyl (C=O) groups is 1. The monoisotopic (exact) mass is 411 g/mol. The van der Waals surface area contributed by atoms with Crippen molar-refractivity contribution in [1.82, 2.24) is 14.5 Å². The molecule has 31 heavy (non-hydrogen) atoms. The Hall–Kier alpha value is -3.15. The van der Waals surface area contributed by atoms with Crippen LogP contribution in [0.15, 0.2) is 60.6 Å². The van der Waals surface area contributed by atoms with Crippen LogP contribution in [0.5, 0.6) is 0 Å². The summed E-state index contributed by atoms with van der Waals surface area (Å²) in [5.74, 6) is -0.178. The van der Waals surface area contributed by atoms with E-state index in [-0.39, 0.29) is 23.8 Å². The molecule has 0 unspecified atom stereocenters. The Morgan fingerprint density at radius 3 is 2.68 bits per heavy atom. The fourth-order valence-electron chi connectivity index (χ4n) is 4.88. The highest BCUT2D eigenvalue weighted by Crippen LogP contribution is 2.42. The number of carbonyl (C=O) groups excluding carboxylic acids is 1. The van der Waals surface area contributed by atoms with Crippen LogP contribution in [0, 0.1) is 12.7 Å². The molecule has 2 aromatic carbocycles. The predicted molar refractivity (Wildman–Crippen MR) is 120 cm³/mol. The van der Waals surface area contributed by atoms with Crippen LogP contribution >= 0.6 is 0 Å². The molecule has 5 rings (SSSR count). The van der Waals surface area contributed by atoms with Gasteiger partial charge >= 0.3 is 0 Å². The molecule has 3 aromatic rings. The Bertz CT molecular complexity index is 1170. The molecule has 0 spiro atoms. The van der Waals surface area contributed by atoms with E-state index < -0.39 is 0 Å².